The number of ether oxygens (including phenoxy) is 1. The Morgan fingerprint density at radius 2 is 1.65 bits per heavy atom. The van der Waals surface area contributed by atoms with E-state index in [9.17, 15) is 4.79 Å². The number of aryl methyl sites for hydroxylation is 1. The third kappa shape index (κ3) is 2.39. The molecule has 0 unspecified atom stereocenters. The fraction of sp³-hybridized carbons (Fsp3) is 0.235. The number of hydrogen-bond donors (Lipinski definition) is 0. The van der Waals surface area contributed by atoms with Crippen LogP contribution < -0.4 is 9.64 Å². The average molecular weight is 269 g/mol. The summed E-state index contributed by atoms with van der Waals surface area (Å²) in [6.07, 6.45) is 0. The second-order valence-corrected chi connectivity index (χ2v) is 4.40. The van der Waals surface area contributed by atoms with Crippen LogP contribution in [0.3, 0.4) is 0 Å². The highest BCUT2D eigenvalue weighted by Gasteiger charge is 2.26. The van der Waals surface area contributed by atoms with Crippen molar-refractivity contribution in [1.29, 1.82) is 0 Å². The van der Waals surface area contributed by atoms with Gasteiger partial charge in [0.25, 0.3) is 0 Å². The summed E-state index contributed by atoms with van der Waals surface area (Å²) in [4.78, 5) is 13.6. The zero-order valence-electron chi connectivity index (χ0n) is 12.3. The molecule has 1 aliphatic rings. The highest BCUT2D eigenvalue weighted by molar-refractivity contribution is 6.03. The van der Waals surface area contributed by atoms with Crippen LogP contribution in [0.15, 0.2) is 42.5 Å². The van der Waals surface area contributed by atoms with Crippen molar-refractivity contribution >= 4 is 17.3 Å². The molecule has 3 rings (SSSR count). The van der Waals surface area contributed by atoms with Crippen molar-refractivity contribution in [2.45, 2.75) is 27.7 Å². The van der Waals surface area contributed by atoms with Gasteiger partial charge in [-0.2, -0.15) is 0 Å². The highest BCUT2D eigenvalue weighted by Crippen LogP contribution is 2.46. The van der Waals surface area contributed by atoms with Gasteiger partial charge in [-0.1, -0.05) is 32.0 Å². The van der Waals surface area contributed by atoms with Gasteiger partial charge in [0, 0.05) is 6.92 Å². The van der Waals surface area contributed by atoms with Crippen LogP contribution in [-0.4, -0.2) is 5.91 Å². The van der Waals surface area contributed by atoms with Crippen LogP contribution in [0.2, 0.25) is 0 Å². The topological polar surface area (TPSA) is 29.5 Å². The molecule has 0 bridgehead atoms. The van der Waals surface area contributed by atoms with Gasteiger partial charge in [0.2, 0.25) is 5.91 Å². The van der Waals surface area contributed by atoms with E-state index >= 15 is 0 Å². The summed E-state index contributed by atoms with van der Waals surface area (Å²) in [5.74, 6) is 1.42. The average Bonchev–Trinajstić information content (AvgIpc) is 2.46. The molecule has 0 saturated heterocycles. The first-order valence-electron chi connectivity index (χ1n) is 6.85. The first kappa shape index (κ1) is 14.1. The third-order valence-electron chi connectivity index (χ3n) is 3.00. The zero-order valence-corrected chi connectivity index (χ0v) is 12.3. The van der Waals surface area contributed by atoms with E-state index in [4.69, 9.17) is 4.74 Å². The first-order chi connectivity index (χ1) is 9.66. The number of rotatable bonds is 0. The van der Waals surface area contributed by atoms with Crippen LogP contribution in [0.25, 0.3) is 0 Å². The molecule has 3 nitrogen and oxygen atoms in total. The molecule has 104 valence electrons. The van der Waals surface area contributed by atoms with E-state index in [-0.39, 0.29) is 5.91 Å². The Kier molecular flexibility index (Phi) is 4.08. The summed E-state index contributed by atoms with van der Waals surface area (Å²) in [5, 5.41) is 0. The van der Waals surface area contributed by atoms with Crippen LogP contribution in [0.1, 0.15) is 26.3 Å². The minimum atomic E-state index is -0.0177. The summed E-state index contributed by atoms with van der Waals surface area (Å²) in [6, 6.07) is 13.4. The number of nitrogens with zero attached hydrogens (tertiary/aromatic N) is 1. The van der Waals surface area contributed by atoms with Gasteiger partial charge in [-0.05, 0) is 36.8 Å². The normalized spacial score (nSPS) is 11.5. The van der Waals surface area contributed by atoms with Crippen molar-refractivity contribution in [1.82, 2.24) is 0 Å². The van der Waals surface area contributed by atoms with Crippen LogP contribution in [0.4, 0.5) is 11.4 Å². The number of para-hydroxylation sites is 2. The lowest BCUT2D eigenvalue weighted by molar-refractivity contribution is -0.115. The molecule has 3 heteroatoms. The lowest BCUT2D eigenvalue weighted by Crippen LogP contribution is -2.25. The van der Waals surface area contributed by atoms with Gasteiger partial charge in [0.1, 0.15) is 0 Å². The molecule has 20 heavy (non-hydrogen) atoms. The van der Waals surface area contributed by atoms with E-state index < -0.39 is 0 Å². The molecular formula is C17H19NO2. The summed E-state index contributed by atoms with van der Waals surface area (Å²) >= 11 is 0. The SMILES string of the molecule is CC.CC(=O)N1c2ccccc2Oc2cc(C)ccc21. The van der Waals surface area contributed by atoms with Crippen molar-refractivity contribution in [2.24, 2.45) is 0 Å². The quantitative estimate of drug-likeness (QED) is 0.686. The Morgan fingerprint density at radius 1 is 1.00 bits per heavy atom. The lowest BCUT2D eigenvalue weighted by Gasteiger charge is -2.30. The predicted octanol–water partition coefficient (Wildman–Crippen LogP) is 4.81. The van der Waals surface area contributed by atoms with Crippen molar-refractivity contribution in [3.63, 3.8) is 0 Å². The van der Waals surface area contributed by atoms with Gasteiger partial charge in [0.05, 0.1) is 11.4 Å². The molecule has 1 amide bonds. The van der Waals surface area contributed by atoms with Gasteiger partial charge >= 0.3 is 0 Å². The van der Waals surface area contributed by atoms with Crippen LogP contribution >= 0.6 is 0 Å². The molecular weight excluding hydrogens is 250 g/mol. The number of amides is 1. The van der Waals surface area contributed by atoms with E-state index in [2.05, 4.69) is 0 Å². The van der Waals surface area contributed by atoms with E-state index in [1.54, 1.807) is 11.8 Å². The maximum Gasteiger partial charge on any atom is 0.228 e. The molecule has 1 heterocycles. The fourth-order valence-corrected chi connectivity index (χ4v) is 2.20. The standard InChI is InChI=1S/C15H13NO2.C2H6/c1-10-7-8-13-15(9-10)18-14-6-4-3-5-12(14)16(13)11(2)17;1-2/h3-9H,1-2H3;1-2H3. The van der Waals surface area contributed by atoms with Gasteiger partial charge in [-0.3, -0.25) is 9.69 Å². The van der Waals surface area contributed by atoms with Gasteiger partial charge in [0.15, 0.2) is 11.5 Å². The zero-order chi connectivity index (χ0) is 14.7. The van der Waals surface area contributed by atoms with E-state index in [1.165, 1.54) is 0 Å². The van der Waals surface area contributed by atoms with Gasteiger partial charge in [-0.25, -0.2) is 0 Å². The summed E-state index contributed by atoms with van der Waals surface area (Å²) in [7, 11) is 0. The van der Waals surface area contributed by atoms with Crippen LogP contribution in [0.5, 0.6) is 11.5 Å². The minimum absolute atomic E-state index is 0.0177. The maximum atomic E-state index is 11.9. The third-order valence-corrected chi connectivity index (χ3v) is 3.00. The second kappa shape index (κ2) is 5.78. The van der Waals surface area contributed by atoms with Gasteiger partial charge in [-0.15, -0.1) is 0 Å². The number of anilines is 2. The molecule has 0 radical (unpaired) electrons. The minimum Gasteiger partial charge on any atom is -0.453 e. The van der Waals surface area contributed by atoms with E-state index in [0.717, 1.165) is 22.7 Å². The summed E-state index contributed by atoms with van der Waals surface area (Å²) in [6.45, 7) is 7.56. The first-order valence-corrected chi connectivity index (χ1v) is 6.85. The molecule has 0 spiro atoms. The predicted molar refractivity (Wildman–Crippen MR) is 81.9 cm³/mol. The second-order valence-electron chi connectivity index (χ2n) is 4.40. The van der Waals surface area contributed by atoms with E-state index in [1.807, 2.05) is 63.2 Å². The molecule has 0 N–H and O–H groups in total. The highest BCUT2D eigenvalue weighted by atomic mass is 16.5. The molecule has 2 aromatic carbocycles. The molecule has 0 atom stereocenters. The monoisotopic (exact) mass is 269 g/mol. The fourth-order valence-electron chi connectivity index (χ4n) is 2.20. The molecule has 0 saturated carbocycles. The van der Waals surface area contributed by atoms with Crippen molar-refractivity contribution < 1.29 is 9.53 Å². The van der Waals surface area contributed by atoms with Gasteiger partial charge < -0.3 is 4.74 Å². The largest absolute Gasteiger partial charge is 0.453 e. The molecule has 0 fully saturated rings. The van der Waals surface area contributed by atoms with Crippen LogP contribution in [-0.2, 0) is 4.79 Å². The maximum absolute atomic E-state index is 11.9. The smallest absolute Gasteiger partial charge is 0.228 e. The Morgan fingerprint density at radius 3 is 2.35 bits per heavy atom. The molecule has 2 aromatic rings. The van der Waals surface area contributed by atoms with Crippen molar-refractivity contribution in [3.8, 4) is 11.5 Å². The van der Waals surface area contributed by atoms with E-state index in [0.29, 0.717) is 5.75 Å². The summed E-state index contributed by atoms with van der Waals surface area (Å²) < 4.78 is 5.84. The molecule has 0 aromatic heterocycles. The number of fused-ring (bicyclic) bond motifs is 2. The number of carbonyl (C=O) groups is 1. The van der Waals surface area contributed by atoms with Crippen LogP contribution in [0, 0.1) is 6.92 Å². The lowest BCUT2D eigenvalue weighted by atomic mass is 10.1. The molecule has 1 aliphatic heterocycles. The number of hydrogen-bond acceptors (Lipinski definition) is 2. The summed E-state index contributed by atoms with van der Waals surface area (Å²) in [5.41, 5.74) is 2.70. The Bertz CT molecular complexity index is 635. The Balaban J connectivity index is 0.000000704. The van der Waals surface area contributed by atoms with Crippen molar-refractivity contribution in [2.75, 3.05) is 4.90 Å². The molecule has 0 aliphatic carbocycles. The number of carbonyl (C=O) groups excluding carboxylic acids is 1. The Labute approximate surface area is 119 Å². The number of benzene rings is 2. The van der Waals surface area contributed by atoms with Crippen molar-refractivity contribution in [3.05, 3.63) is 48.0 Å². The Hall–Kier alpha value is -2.29.